The van der Waals surface area contributed by atoms with Gasteiger partial charge in [-0.15, -0.1) is 0 Å². The largest absolute Gasteiger partial charge is 0.383 e. The first-order chi connectivity index (χ1) is 7.69. The summed E-state index contributed by atoms with van der Waals surface area (Å²) in [5.41, 5.74) is 12.8. The van der Waals surface area contributed by atoms with Crippen LogP contribution in [0.2, 0.25) is 0 Å². The van der Waals surface area contributed by atoms with E-state index in [0.717, 1.165) is 23.4 Å². The van der Waals surface area contributed by atoms with Gasteiger partial charge in [-0.3, -0.25) is 0 Å². The lowest BCUT2D eigenvalue weighted by molar-refractivity contribution is 0.383. The van der Waals surface area contributed by atoms with Crippen molar-refractivity contribution >= 4 is 11.8 Å². The minimum Gasteiger partial charge on any atom is -0.383 e. The van der Waals surface area contributed by atoms with E-state index in [2.05, 4.69) is 15.1 Å². The lowest BCUT2D eigenvalue weighted by atomic mass is 10.1. The van der Waals surface area contributed by atoms with Gasteiger partial charge in [0.15, 0.2) is 0 Å². The van der Waals surface area contributed by atoms with Gasteiger partial charge in [-0.1, -0.05) is 12.1 Å². The minimum absolute atomic E-state index is 0.174. The SMILES string of the molecule is CCc1cc(Cc2cnc(N)nc2N)on1. The summed E-state index contributed by atoms with van der Waals surface area (Å²) in [6.07, 6.45) is 2.97. The fraction of sp³-hybridized carbons (Fsp3) is 0.300. The van der Waals surface area contributed by atoms with Crippen molar-refractivity contribution in [1.29, 1.82) is 0 Å². The quantitative estimate of drug-likeness (QED) is 0.790. The first-order valence-electron chi connectivity index (χ1n) is 5.00. The number of hydrogen-bond donors (Lipinski definition) is 2. The Labute approximate surface area is 92.7 Å². The molecule has 0 saturated heterocycles. The van der Waals surface area contributed by atoms with Crippen molar-refractivity contribution in [2.75, 3.05) is 11.5 Å². The summed E-state index contributed by atoms with van der Waals surface area (Å²) >= 11 is 0. The van der Waals surface area contributed by atoms with Crippen molar-refractivity contribution in [2.24, 2.45) is 0 Å². The zero-order valence-electron chi connectivity index (χ0n) is 8.97. The molecule has 0 bridgehead atoms. The summed E-state index contributed by atoms with van der Waals surface area (Å²) in [7, 11) is 0. The molecule has 0 aliphatic carbocycles. The highest BCUT2D eigenvalue weighted by molar-refractivity contribution is 5.42. The molecule has 0 atom stereocenters. The maximum absolute atomic E-state index is 5.72. The first-order valence-corrected chi connectivity index (χ1v) is 5.00. The molecule has 2 heterocycles. The lowest BCUT2D eigenvalue weighted by Crippen LogP contribution is -2.03. The molecular formula is C10H13N5O. The predicted octanol–water partition coefficient (Wildman–Crippen LogP) is 0.782. The van der Waals surface area contributed by atoms with E-state index in [4.69, 9.17) is 16.0 Å². The van der Waals surface area contributed by atoms with E-state index >= 15 is 0 Å². The van der Waals surface area contributed by atoms with Crippen LogP contribution < -0.4 is 11.5 Å². The smallest absolute Gasteiger partial charge is 0.221 e. The van der Waals surface area contributed by atoms with Crippen LogP contribution >= 0.6 is 0 Å². The third kappa shape index (κ3) is 2.10. The van der Waals surface area contributed by atoms with Crippen LogP contribution in [0.1, 0.15) is 23.9 Å². The molecule has 0 saturated carbocycles. The van der Waals surface area contributed by atoms with Crippen LogP contribution in [0, 0.1) is 0 Å². The second-order valence-electron chi connectivity index (χ2n) is 3.45. The Morgan fingerprint density at radius 1 is 1.38 bits per heavy atom. The topological polar surface area (TPSA) is 104 Å². The number of nitrogens with zero attached hydrogens (tertiary/aromatic N) is 3. The standard InChI is InChI=1S/C10H13N5O/c1-2-7-4-8(16-15-7)3-6-5-13-10(12)14-9(6)11/h4-5H,2-3H2,1H3,(H4,11,12,13,14). The number of hydrogen-bond acceptors (Lipinski definition) is 6. The summed E-state index contributed by atoms with van der Waals surface area (Å²) < 4.78 is 5.15. The maximum Gasteiger partial charge on any atom is 0.221 e. The van der Waals surface area contributed by atoms with Gasteiger partial charge < -0.3 is 16.0 Å². The van der Waals surface area contributed by atoms with Gasteiger partial charge in [-0.05, 0) is 6.42 Å². The van der Waals surface area contributed by atoms with Crippen molar-refractivity contribution in [3.63, 3.8) is 0 Å². The Morgan fingerprint density at radius 2 is 2.19 bits per heavy atom. The molecule has 0 radical (unpaired) electrons. The Morgan fingerprint density at radius 3 is 2.81 bits per heavy atom. The average Bonchev–Trinajstić information content (AvgIpc) is 2.70. The van der Waals surface area contributed by atoms with E-state index < -0.39 is 0 Å². The lowest BCUT2D eigenvalue weighted by Gasteiger charge is -2.01. The summed E-state index contributed by atoms with van der Waals surface area (Å²) in [6, 6.07) is 1.90. The Kier molecular flexibility index (Phi) is 2.72. The van der Waals surface area contributed by atoms with Gasteiger partial charge in [0.05, 0.1) is 5.69 Å². The van der Waals surface area contributed by atoms with Crippen LogP contribution in [0.25, 0.3) is 0 Å². The summed E-state index contributed by atoms with van der Waals surface area (Å²) in [5, 5.41) is 3.90. The van der Waals surface area contributed by atoms with Crippen LogP contribution in [0.15, 0.2) is 16.8 Å². The van der Waals surface area contributed by atoms with Crippen LogP contribution in [0.4, 0.5) is 11.8 Å². The van der Waals surface area contributed by atoms with E-state index in [-0.39, 0.29) is 5.95 Å². The fourth-order valence-electron chi connectivity index (χ4n) is 1.36. The van der Waals surface area contributed by atoms with Crippen LogP contribution in [-0.4, -0.2) is 15.1 Å². The molecule has 0 aliphatic heterocycles. The number of aryl methyl sites for hydroxylation is 1. The first kappa shape index (κ1) is 10.4. The van der Waals surface area contributed by atoms with Gasteiger partial charge in [-0.2, -0.15) is 4.98 Å². The molecule has 0 fully saturated rings. The molecule has 6 nitrogen and oxygen atoms in total. The Balaban J connectivity index is 2.20. The van der Waals surface area contributed by atoms with Crippen molar-refractivity contribution in [3.05, 3.63) is 29.3 Å². The molecule has 2 aromatic rings. The molecule has 6 heteroatoms. The molecular weight excluding hydrogens is 206 g/mol. The molecule has 0 unspecified atom stereocenters. The van der Waals surface area contributed by atoms with E-state index in [1.54, 1.807) is 6.20 Å². The summed E-state index contributed by atoms with van der Waals surface area (Å²) in [6.45, 7) is 2.02. The van der Waals surface area contributed by atoms with E-state index in [9.17, 15) is 0 Å². The van der Waals surface area contributed by atoms with Gasteiger partial charge in [0, 0.05) is 24.2 Å². The van der Waals surface area contributed by atoms with Crippen LogP contribution in [0.5, 0.6) is 0 Å². The van der Waals surface area contributed by atoms with Gasteiger partial charge in [0.2, 0.25) is 5.95 Å². The summed E-state index contributed by atoms with van der Waals surface area (Å²) in [5.74, 6) is 1.30. The average molecular weight is 219 g/mol. The van der Waals surface area contributed by atoms with Crippen molar-refractivity contribution in [1.82, 2.24) is 15.1 Å². The van der Waals surface area contributed by atoms with E-state index in [0.29, 0.717) is 12.2 Å². The minimum atomic E-state index is 0.174. The number of rotatable bonds is 3. The Hall–Kier alpha value is -2.11. The van der Waals surface area contributed by atoms with Crippen molar-refractivity contribution in [2.45, 2.75) is 19.8 Å². The maximum atomic E-state index is 5.72. The highest BCUT2D eigenvalue weighted by Crippen LogP contribution is 2.15. The zero-order valence-corrected chi connectivity index (χ0v) is 8.97. The molecule has 2 rings (SSSR count). The Bertz CT molecular complexity index is 494. The highest BCUT2D eigenvalue weighted by Gasteiger charge is 2.08. The number of aromatic nitrogens is 3. The number of anilines is 2. The van der Waals surface area contributed by atoms with Gasteiger partial charge in [-0.25, -0.2) is 4.98 Å². The third-order valence-corrected chi connectivity index (χ3v) is 2.25. The predicted molar refractivity (Wildman–Crippen MR) is 59.5 cm³/mol. The molecule has 84 valence electrons. The third-order valence-electron chi connectivity index (χ3n) is 2.25. The molecule has 0 aromatic carbocycles. The number of nitrogen functional groups attached to an aromatic ring is 2. The molecule has 0 aliphatic rings. The second-order valence-corrected chi connectivity index (χ2v) is 3.45. The van der Waals surface area contributed by atoms with Gasteiger partial charge in [0.25, 0.3) is 0 Å². The van der Waals surface area contributed by atoms with Crippen LogP contribution in [-0.2, 0) is 12.8 Å². The van der Waals surface area contributed by atoms with Crippen molar-refractivity contribution < 1.29 is 4.52 Å². The van der Waals surface area contributed by atoms with E-state index in [1.165, 1.54) is 0 Å². The monoisotopic (exact) mass is 219 g/mol. The number of nitrogens with two attached hydrogens (primary N) is 2. The van der Waals surface area contributed by atoms with Crippen molar-refractivity contribution in [3.8, 4) is 0 Å². The normalized spacial score (nSPS) is 10.6. The van der Waals surface area contributed by atoms with Gasteiger partial charge >= 0.3 is 0 Å². The molecule has 16 heavy (non-hydrogen) atoms. The van der Waals surface area contributed by atoms with Gasteiger partial charge in [0.1, 0.15) is 11.6 Å². The molecule has 0 spiro atoms. The fourth-order valence-corrected chi connectivity index (χ4v) is 1.36. The highest BCUT2D eigenvalue weighted by atomic mass is 16.5. The molecule has 4 N–H and O–H groups in total. The zero-order chi connectivity index (χ0) is 11.5. The molecule has 2 aromatic heterocycles. The molecule has 0 amide bonds. The second kappa shape index (κ2) is 4.18. The summed E-state index contributed by atoms with van der Waals surface area (Å²) in [4.78, 5) is 7.77. The van der Waals surface area contributed by atoms with Crippen LogP contribution in [0.3, 0.4) is 0 Å². The van der Waals surface area contributed by atoms with E-state index in [1.807, 2.05) is 13.0 Å².